The van der Waals surface area contributed by atoms with Gasteiger partial charge in [-0.3, -0.25) is 4.68 Å². The first-order valence-electron chi connectivity index (χ1n) is 5.09. The monoisotopic (exact) mass is 274 g/mol. The molecule has 0 bridgehead atoms. The molecule has 6 heteroatoms. The first kappa shape index (κ1) is 12.5. The van der Waals surface area contributed by atoms with Crippen LogP contribution >= 0.6 is 23.2 Å². The van der Waals surface area contributed by atoms with Crippen molar-refractivity contribution in [3.8, 4) is 0 Å². The highest BCUT2D eigenvalue weighted by Gasteiger charge is 2.19. The van der Waals surface area contributed by atoms with Gasteiger partial charge in [0.05, 0.1) is 18.1 Å². The minimum Gasteiger partial charge on any atom is -0.453 e. The Morgan fingerprint density at radius 3 is 2.71 bits per heavy atom. The van der Waals surface area contributed by atoms with Crippen LogP contribution in [0.15, 0.2) is 16.7 Å². The van der Waals surface area contributed by atoms with Crippen LogP contribution in [0.3, 0.4) is 0 Å². The molecule has 17 heavy (non-hydrogen) atoms. The van der Waals surface area contributed by atoms with Gasteiger partial charge in [-0.15, -0.1) is 0 Å². The van der Waals surface area contributed by atoms with Crippen molar-refractivity contribution in [2.24, 2.45) is 7.05 Å². The maximum atomic E-state index is 10.1. The number of hydrogen-bond donors (Lipinski definition) is 1. The number of nitrogens with zero attached hydrogens (tertiary/aromatic N) is 2. The van der Waals surface area contributed by atoms with E-state index < -0.39 is 6.10 Å². The number of aromatic nitrogens is 2. The van der Waals surface area contributed by atoms with Crippen LogP contribution in [-0.2, 0) is 13.5 Å². The Balaban J connectivity index is 2.24. The van der Waals surface area contributed by atoms with Gasteiger partial charge in [-0.25, -0.2) is 0 Å². The molecule has 0 saturated carbocycles. The van der Waals surface area contributed by atoms with Gasteiger partial charge >= 0.3 is 0 Å². The molecule has 0 aromatic carbocycles. The van der Waals surface area contributed by atoms with Crippen molar-refractivity contribution < 1.29 is 9.52 Å². The second kappa shape index (κ2) is 4.72. The quantitative estimate of drug-likeness (QED) is 0.937. The zero-order valence-electron chi connectivity index (χ0n) is 9.44. The molecule has 0 saturated heterocycles. The fourth-order valence-electron chi connectivity index (χ4n) is 1.75. The van der Waals surface area contributed by atoms with Crippen molar-refractivity contribution >= 4 is 23.2 Å². The van der Waals surface area contributed by atoms with E-state index in [4.69, 9.17) is 27.6 Å². The summed E-state index contributed by atoms with van der Waals surface area (Å²) in [6.45, 7) is 1.85. The van der Waals surface area contributed by atoms with E-state index in [0.717, 1.165) is 11.3 Å². The van der Waals surface area contributed by atoms with E-state index in [-0.39, 0.29) is 5.22 Å². The van der Waals surface area contributed by atoms with Gasteiger partial charge in [-0.1, -0.05) is 11.6 Å². The van der Waals surface area contributed by atoms with E-state index in [1.54, 1.807) is 17.8 Å². The molecule has 0 aliphatic carbocycles. The molecule has 2 aromatic rings. The molecule has 92 valence electrons. The molecular weight excluding hydrogens is 263 g/mol. The Hall–Kier alpha value is -0.970. The normalized spacial score (nSPS) is 13.0. The molecule has 0 aliphatic heterocycles. The van der Waals surface area contributed by atoms with Crippen LogP contribution in [0.2, 0.25) is 10.4 Å². The fourth-order valence-corrected chi connectivity index (χ4v) is 2.24. The zero-order chi connectivity index (χ0) is 12.6. The largest absolute Gasteiger partial charge is 0.453 e. The third-order valence-electron chi connectivity index (χ3n) is 2.67. The zero-order valence-corrected chi connectivity index (χ0v) is 11.0. The molecule has 0 amide bonds. The van der Waals surface area contributed by atoms with Crippen LogP contribution in [-0.4, -0.2) is 14.9 Å². The second-order valence-electron chi connectivity index (χ2n) is 3.85. The summed E-state index contributed by atoms with van der Waals surface area (Å²) in [5.74, 6) is 0. The van der Waals surface area contributed by atoms with E-state index >= 15 is 0 Å². The predicted molar refractivity (Wildman–Crippen MR) is 65.3 cm³/mol. The van der Waals surface area contributed by atoms with Crippen LogP contribution < -0.4 is 0 Å². The molecule has 0 fully saturated rings. The van der Waals surface area contributed by atoms with Gasteiger partial charge in [-0.2, -0.15) is 5.10 Å². The third kappa shape index (κ3) is 2.34. The van der Waals surface area contributed by atoms with E-state index in [2.05, 4.69) is 5.10 Å². The number of halogens is 2. The van der Waals surface area contributed by atoms with Crippen molar-refractivity contribution in [1.29, 1.82) is 0 Å². The predicted octanol–water partition coefficient (Wildman–Crippen LogP) is 2.90. The van der Waals surface area contributed by atoms with E-state index in [1.165, 1.54) is 6.26 Å². The topological polar surface area (TPSA) is 51.2 Å². The maximum Gasteiger partial charge on any atom is 0.198 e. The Morgan fingerprint density at radius 1 is 1.53 bits per heavy atom. The molecular formula is C11H12Cl2N2O2. The molecule has 1 N–H and O–H groups in total. The lowest BCUT2D eigenvalue weighted by Crippen LogP contribution is -2.02. The molecule has 4 nitrogen and oxygen atoms in total. The second-order valence-corrected chi connectivity index (χ2v) is 4.55. The summed E-state index contributed by atoms with van der Waals surface area (Å²) in [4.78, 5) is 0. The third-order valence-corrected chi connectivity index (χ3v) is 3.45. The molecule has 2 rings (SSSR count). The lowest BCUT2D eigenvalue weighted by atomic mass is 10.0. The summed E-state index contributed by atoms with van der Waals surface area (Å²) < 4.78 is 6.52. The summed E-state index contributed by atoms with van der Waals surface area (Å²) in [6, 6.07) is 1.65. The molecule has 0 spiro atoms. The molecule has 2 heterocycles. The number of furan rings is 1. The van der Waals surface area contributed by atoms with Gasteiger partial charge < -0.3 is 9.52 Å². The maximum absolute atomic E-state index is 10.1. The Labute approximate surface area is 109 Å². The SMILES string of the molecule is Cc1nn(C)c(Cl)c1CC(O)c1ccoc1Cl. The smallest absolute Gasteiger partial charge is 0.198 e. The summed E-state index contributed by atoms with van der Waals surface area (Å²) in [6.07, 6.45) is 1.05. The van der Waals surface area contributed by atoms with Crippen molar-refractivity contribution in [2.45, 2.75) is 19.4 Å². The average molecular weight is 275 g/mol. The number of aryl methyl sites for hydroxylation is 2. The molecule has 0 radical (unpaired) electrons. The standard InChI is InChI=1S/C11H12Cl2N2O2/c1-6-8(10(12)15(2)14-6)5-9(16)7-3-4-17-11(7)13/h3-4,9,16H,5H2,1-2H3. The number of aliphatic hydroxyl groups is 1. The average Bonchev–Trinajstić information content (AvgIpc) is 2.78. The number of aliphatic hydroxyl groups excluding tert-OH is 1. The van der Waals surface area contributed by atoms with Crippen molar-refractivity contribution in [2.75, 3.05) is 0 Å². The Morgan fingerprint density at radius 2 is 2.24 bits per heavy atom. The minimum absolute atomic E-state index is 0.204. The highest BCUT2D eigenvalue weighted by Crippen LogP contribution is 2.29. The van der Waals surface area contributed by atoms with Crippen LogP contribution in [0.5, 0.6) is 0 Å². The first-order chi connectivity index (χ1) is 8.00. The van der Waals surface area contributed by atoms with Gasteiger partial charge in [0.25, 0.3) is 0 Å². The minimum atomic E-state index is -0.748. The van der Waals surface area contributed by atoms with Gasteiger partial charge in [0, 0.05) is 24.6 Å². The first-order valence-corrected chi connectivity index (χ1v) is 5.85. The Kier molecular flexibility index (Phi) is 3.47. The van der Waals surface area contributed by atoms with Crippen molar-refractivity contribution in [3.63, 3.8) is 0 Å². The lowest BCUT2D eigenvalue weighted by molar-refractivity contribution is 0.177. The van der Waals surface area contributed by atoms with Gasteiger partial charge in [0.15, 0.2) is 5.22 Å². The summed E-state index contributed by atoms with van der Waals surface area (Å²) in [5.41, 5.74) is 2.18. The van der Waals surface area contributed by atoms with Crippen LogP contribution in [0, 0.1) is 6.92 Å². The van der Waals surface area contributed by atoms with Crippen molar-refractivity contribution in [1.82, 2.24) is 9.78 Å². The highest BCUT2D eigenvalue weighted by molar-refractivity contribution is 6.30. The number of rotatable bonds is 3. The molecule has 1 unspecified atom stereocenters. The highest BCUT2D eigenvalue weighted by atomic mass is 35.5. The van der Waals surface area contributed by atoms with E-state index in [1.807, 2.05) is 6.92 Å². The summed E-state index contributed by atoms with van der Waals surface area (Å²) in [5, 5.41) is 15.0. The molecule has 0 aliphatic rings. The van der Waals surface area contributed by atoms with Crippen LogP contribution in [0.25, 0.3) is 0 Å². The molecule has 1 atom stereocenters. The van der Waals surface area contributed by atoms with Crippen LogP contribution in [0.4, 0.5) is 0 Å². The lowest BCUT2D eigenvalue weighted by Gasteiger charge is -2.08. The Bertz CT molecular complexity index is 534. The van der Waals surface area contributed by atoms with E-state index in [9.17, 15) is 5.11 Å². The van der Waals surface area contributed by atoms with Gasteiger partial charge in [0.1, 0.15) is 5.15 Å². The molecule has 2 aromatic heterocycles. The number of hydrogen-bond acceptors (Lipinski definition) is 3. The van der Waals surface area contributed by atoms with Gasteiger partial charge in [0.2, 0.25) is 0 Å². The van der Waals surface area contributed by atoms with Crippen LogP contribution in [0.1, 0.15) is 22.9 Å². The summed E-state index contributed by atoms with van der Waals surface area (Å²) in [7, 11) is 1.76. The van der Waals surface area contributed by atoms with E-state index in [0.29, 0.717) is 17.1 Å². The fraction of sp³-hybridized carbons (Fsp3) is 0.364. The van der Waals surface area contributed by atoms with Crippen molar-refractivity contribution in [3.05, 3.63) is 39.5 Å². The van der Waals surface area contributed by atoms with Gasteiger partial charge in [-0.05, 0) is 24.6 Å². The summed E-state index contributed by atoms with van der Waals surface area (Å²) >= 11 is 11.9.